The van der Waals surface area contributed by atoms with Gasteiger partial charge in [0.1, 0.15) is 4.88 Å². The number of nitrogens with one attached hydrogen (secondary N) is 1. The first-order valence-electron chi connectivity index (χ1n) is 6.83. The van der Waals surface area contributed by atoms with E-state index in [2.05, 4.69) is 12.2 Å². The molecule has 0 unspecified atom stereocenters. The Bertz CT molecular complexity index is 631. The van der Waals surface area contributed by atoms with Crippen LogP contribution in [0.25, 0.3) is 0 Å². The summed E-state index contributed by atoms with van der Waals surface area (Å²) in [6.45, 7) is 2.14. The van der Waals surface area contributed by atoms with Crippen LogP contribution in [0.2, 0.25) is 0 Å². The average molecular weight is 303 g/mol. The molecule has 0 spiro atoms. The van der Waals surface area contributed by atoms with Crippen LogP contribution in [0.15, 0.2) is 35.7 Å². The third-order valence-electron chi connectivity index (χ3n) is 3.14. The number of rotatable bonds is 6. The minimum absolute atomic E-state index is 0.142. The molecule has 1 heterocycles. The van der Waals surface area contributed by atoms with Crippen LogP contribution in [0.5, 0.6) is 0 Å². The second-order valence-electron chi connectivity index (χ2n) is 4.72. The molecule has 1 amide bonds. The van der Waals surface area contributed by atoms with Gasteiger partial charge in [-0.25, -0.2) is 4.79 Å². The lowest BCUT2D eigenvalue weighted by Gasteiger charge is -2.06. The largest absolute Gasteiger partial charge is 0.477 e. The van der Waals surface area contributed by atoms with Gasteiger partial charge in [-0.1, -0.05) is 25.5 Å². The number of unbranched alkanes of at least 4 members (excludes halogenated alkanes) is 1. The van der Waals surface area contributed by atoms with E-state index in [0.29, 0.717) is 11.3 Å². The zero-order valence-electron chi connectivity index (χ0n) is 11.8. The van der Waals surface area contributed by atoms with Crippen LogP contribution in [-0.4, -0.2) is 17.0 Å². The Morgan fingerprint density at radius 3 is 2.52 bits per heavy atom. The molecule has 0 radical (unpaired) electrons. The number of aromatic carboxylic acids is 1. The Morgan fingerprint density at radius 2 is 1.90 bits per heavy atom. The number of amides is 1. The van der Waals surface area contributed by atoms with Crippen molar-refractivity contribution in [2.75, 3.05) is 5.32 Å². The molecule has 1 aromatic carbocycles. The maximum absolute atomic E-state index is 12.1. The summed E-state index contributed by atoms with van der Waals surface area (Å²) in [5.74, 6) is -1.33. The second-order valence-corrected chi connectivity index (χ2v) is 5.64. The lowest BCUT2D eigenvalue weighted by molar-refractivity contribution is 0.0703. The van der Waals surface area contributed by atoms with Crippen molar-refractivity contribution in [2.45, 2.75) is 26.2 Å². The third-order valence-corrected chi connectivity index (χ3v) is 4.05. The summed E-state index contributed by atoms with van der Waals surface area (Å²) in [6.07, 6.45) is 3.27. The van der Waals surface area contributed by atoms with E-state index in [0.717, 1.165) is 30.6 Å². The molecule has 0 aliphatic rings. The summed E-state index contributed by atoms with van der Waals surface area (Å²) in [5, 5.41) is 13.3. The van der Waals surface area contributed by atoms with E-state index in [9.17, 15) is 9.59 Å². The molecule has 0 aliphatic carbocycles. The van der Waals surface area contributed by atoms with Gasteiger partial charge in [-0.15, -0.1) is 11.3 Å². The fourth-order valence-corrected chi connectivity index (χ4v) is 2.66. The minimum Gasteiger partial charge on any atom is -0.477 e. The second kappa shape index (κ2) is 7.04. The highest BCUT2D eigenvalue weighted by Crippen LogP contribution is 2.22. The van der Waals surface area contributed by atoms with Crippen LogP contribution in [0.4, 0.5) is 5.69 Å². The van der Waals surface area contributed by atoms with Gasteiger partial charge in [0.05, 0.1) is 5.69 Å². The van der Waals surface area contributed by atoms with E-state index in [4.69, 9.17) is 5.11 Å². The lowest BCUT2D eigenvalue weighted by Crippen LogP contribution is -2.13. The Morgan fingerprint density at radius 1 is 1.19 bits per heavy atom. The molecule has 4 nitrogen and oxygen atoms in total. The van der Waals surface area contributed by atoms with Crippen molar-refractivity contribution in [3.05, 3.63) is 51.7 Å². The number of thiophene rings is 1. The number of anilines is 1. The van der Waals surface area contributed by atoms with Gasteiger partial charge in [0.2, 0.25) is 0 Å². The Kier molecular flexibility index (Phi) is 5.11. The number of carbonyl (C=O) groups is 2. The molecule has 2 aromatic rings. The fraction of sp³-hybridized carbons (Fsp3) is 0.250. The predicted molar refractivity (Wildman–Crippen MR) is 84.3 cm³/mol. The highest BCUT2D eigenvalue weighted by molar-refractivity contribution is 7.12. The van der Waals surface area contributed by atoms with E-state index in [1.165, 1.54) is 5.56 Å². The topological polar surface area (TPSA) is 66.4 Å². The van der Waals surface area contributed by atoms with Crippen LogP contribution in [0.1, 0.15) is 45.4 Å². The molecule has 0 saturated carbocycles. The van der Waals surface area contributed by atoms with Crippen LogP contribution in [0.3, 0.4) is 0 Å². The number of carbonyl (C=O) groups excluding carboxylic acids is 1. The van der Waals surface area contributed by atoms with Gasteiger partial charge in [0.15, 0.2) is 0 Å². The normalized spacial score (nSPS) is 10.3. The first kappa shape index (κ1) is 15.3. The van der Waals surface area contributed by atoms with Gasteiger partial charge in [0.25, 0.3) is 5.91 Å². The lowest BCUT2D eigenvalue weighted by atomic mass is 10.1. The van der Waals surface area contributed by atoms with Gasteiger partial charge >= 0.3 is 5.97 Å². The molecule has 0 fully saturated rings. The SMILES string of the molecule is CCCCc1ccc(C(=O)Nc2ccsc2C(=O)O)cc1. The highest BCUT2D eigenvalue weighted by atomic mass is 32.1. The summed E-state index contributed by atoms with van der Waals surface area (Å²) >= 11 is 1.09. The summed E-state index contributed by atoms with van der Waals surface area (Å²) in [6, 6.07) is 9.02. The standard InChI is InChI=1S/C16H17NO3S/c1-2-3-4-11-5-7-12(8-6-11)15(18)17-13-9-10-21-14(13)16(19)20/h5-10H,2-4H2,1H3,(H,17,18)(H,19,20). The number of carboxylic acid groups (broad SMARTS) is 1. The number of hydrogen-bond donors (Lipinski definition) is 2. The molecular formula is C16H17NO3S. The van der Waals surface area contributed by atoms with Crippen LogP contribution < -0.4 is 5.32 Å². The van der Waals surface area contributed by atoms with Crippen LogP contribution in [-0.2, 0) is 6.42 Å². The van der Waals surface area contributed by atoms with Crippen molar-refractivity contribution < 1.29 is 14.7 Å². The molecule has 21 heavy (non-hydrogen) atoms. The van der Waals surface area contributed by atoms with Gasteiger partial charge in [-0.2, -0.15) is 0 Å². The number of carboxylic acids is 1. The zero-order valence-corrected chi connectivity index (χ0v) is 12.6. The van der Waals surface area contributed by atoms with Crippen molar-refractivity contribution in [1.29, 1.82) is 0 Å². The number of aryl methyl sites for hydroxylation is 1. The molecule has 0 aliphatic heterocycles. The molecule has 0 bridgehead atoms. The van der Waals surface area contributed by atoms with Crippen molar-refractivity contribution in [2.24, 2.45) is 0 Å². The van der Waals surface area contributed by atoms with Crippen molar-refractivity contribution in [3.63, 3.8) is 0 Å². The Labute approximate surface area is 127 Å². The van der Waals surface area contributed by atoms with E-state index in [1.54, 1.807) is 23.6 Å². The Hall–Kier alpha value is -2.14. The molecular weight excluding hydrogens is 286 g/mol. The summed E-state index contributed by atoms with van der Waals surface area (Å²) in [7, 11) is 0. The van der Waals surface area contributed by atoms with E-state index >= 15 is 0 Å². The van der Waals surface area contributed by atoms with Gasteiger partial charge in [0, 0.05) is 5.56 Å². The van der Waals surface area contributed by atoms with Gasteiger partial charge in [-0.3, -0.25) is 4.79 Å². The minimum atomic E-state index is -1.03. The average Bonchev–Trinajstić information content (AvgIpc) is 2.94. The number of hydrogen-bond acceptors (Lipinski definition) is 3. The maximum atomic E-state index is 12.1. The molecule has 2 rings (SSSR count). The summed E-state index contributed by atoms with van der Waals surface area (Å²) in [4.78, 5) is 23.3. The third kappa shape index (κ3) is 3.92. The van der Waals surface area contributed by atoms with Crippen molar-refractivity contribution >= 4 is 28.9 Å². The molecule has 5 heteroatoms. The molecule has 110 valence electrons. The van der Waals surface area contributed by atoms with Gasteiger partial charge in [-0.05, 0) is 42.0 Å². The molecule has 1 aromatic heterocycles. The first-order chi connectivity index (χ1) is 10.1. The fourth-order valence-electron chi connectivity index (χ4n) is 1.97. The Balaban J connectivity index is 2.06. The highest BCUT2D eigenvalue weighted by Gasteiger charge is 2.14. The van der Waals surface area contributed by atoms with E-state index in [-0.39, 0.29) is 10.8 Å². The summed E-state index contributed by atoms with van der Waals surface area (Å²) in [5.41, 5.74) is 2.07. The number of benzene rings is 1. The van der Waals surface area contributed by atoms with E-state index < -0.39 is 5.97 Å². The zero-order chi connectivity index (χ0) is 15.2. The first-order valence-corrected chi connectivity index (χ1v) is 7.71. The summed E-state index contributed by atoms with van der Waals surface area (Å²) < 4.78 is 0. The molecule has 2 N–H and O–H groups in total. The molecule has 0 saturated heterocycles. The van der Waals surface area contributed by atoms with Crippen LogP contribution in [0, 0.1) is 0 Å². The monoisotopic (exact) mass is 303 g/mol. The predicted octanol–water partition coefficient (Wildman–Crippen LogP) is 4.04. The maximum Gasteiger partial charge on any atom is 0.348 e. The van der Waals surface area contributed by atoms with Crippen LogP contribution >= 0.6 is 11.3 Å². The van der Waals surface area contributed by atoms with E-state index in [1.807, 2.05) is 12.1 Å². The van der Waals surface area contributed by atoms with Crippen molar-refractivity contribution in [3.8, 4) is 0 Å². The molecule has 0 atom stereocenters. The smallest absolute Gasteiger partial charge is 0.348 e. The van der Waals surface area contributed by atoms with Gasteiger partial charge < -0.3 is 10.4 Å². The van der Waals surface area contributed by atoms with Crippen molar-refractivity contribution in [1.82, 2.24) is 0 Å². The quantitative estimate of drug-likeness (QED) is 0.846.